The molecule has 0 aromatic rings. The first-order valence-corrected chi connectivity index (χ1v) is 18.7. The molecule has 8 heteroatoms. The number of hydrogen-bond donors (Lipinski definition) is 3. The van der Waals surface area contributed by atoms with Crippen molar-refractivity contribution in [1.29, 1.82) is 0 Å². The Morgan fingerprint density at radius 2 is 1.81 bits per heavy atom. The maximum atomic E-state index is 12.6. The quantitative estimate of drug-likeness (QED) is 0.0959. The standard InChI is InChI=1S/C35H60NO6P/c1-24(2)10-9-11-25(3)30-15-16-31-29-14-13-26-22-28(17-19-34(26,4)32(29)18-20-35(30,31)5)42-33(38)36-21-8-6-7-12-27(37)23-41-43(39)40/h13,24-25,27-32,37H,6-12,14-23H2,1-5H3,(H-,36,38,39,40)/p+1/t25-,27?,28+,29+,30-,31+,32+,34+,35-/m1/s1. The molecule has 3 N–H and O–H groups in total. The van der Waals surface area contributed by atoms with E-state index in [9.17, 15) is 14.5 Å². The summed E-state index contributed by atoms with van der Waals surface area (Å²) >= 11 is 0. The molecule has 7 nitrogen and oxygen atoms in total. The zero-order valence-corrected chi connectivity index (χ0v) is 28.6. The van der Waals surface area contributed by atoms with Crippen molar-refractivity contribution in [2.75, 3.05) is 13.2 Å². The number of carbonyl (C=O) groups excluding carboxylic acids is 1. The SMILES string of the molecule is CC(C)CCC[C@@H](C)[C@H]1CC[C@H]2[C@@H]3CC=C4C[C@@H](OC(=O)NCCCCCC(O)CO[P+](=O)O)CC[C@]4(C)[C@H]3CC[C@]12C. The molecule has 4 rings (SSSR count). The molecule has 4 aliphatic rings. The maximum Gasteiger partial charge on any atom is 0.694 e. The van der Waals surface area contributed by atoms with Gasteiger partial charge in [0.15, 0.2) is 0 Å². The lowest BCUT2D eigenvalue weighted by molar-refractivity contribution is -0.0581. The minimum atomic E-state index is -2.67. The minimum absolute atomic E-state index is 0.0412. The minimum Gasteiger partial charge on any atom is -0.446 e. The van der Waals surface area contributed by atoms with Gasteiger partial charge in [0.05, 0.1) is 6.10 Å². The number of allylic oxidation sites excluding steroid dienone is 1. The highest BCUT2D eigenvalue weighted by Gasteiger charge is 2.59. The van der Waals surface area contributed by atoms with Crippen LogP contribution in [0.4, 0.5) is 4.79 Å². The van der Waals surface area contributed by atoms with Crippen molar-refractivity contribution < 1.29 is 28.6 Å². The van der Waals surface area contributed by atoms with Crippen LogP contribution in [0.15, 0.2) is 11.6 Å². The summed E-state index contributed by atoms with van der Waals surface area (Å²) in [4.78, 5) is 21.2. The largest absolute Gasteiger partial charge is 0.694 e. The molecule has 0 aromatic carbocycles. The molecular formula is C35H61NO6P+. The highest BCUT2D eigenvalue weighted by molar-refractivity contribution is 7.32. The summed E-state index contributed by atoms with van der Waals surface area (Å²) in [7, 11) is -2.67. The number of rotatable bonds is 15. The molecule has 0 bridgehead atoms. The molecule has 0 saturated heterocycles. The van der Waals surface area contributed by atoms with Crippen molar-refractivity contribution >= 4 is 14.3 Å². The van der Waals surface area contributed by atoms with E-state index < -0.39 is 14.4 Å². The van der Waals surface area contributed by atoms with Crippen LogP contribution in [-0.4, -0.2) is 41.5 Å². The van der Waals surface area contributed by atoms with Crippen molar-refractivity contribution in [3.63, 3.8) is 0 Å². The first-order chi connectivity index (χ1) is 20.4. The van der Waals surface area contributed by atoms with Gasteiger partial charge in [-0.15, -0.1) is 9.42 Å². The third kappa shape index (κ3) is 8.63. The third-order valence-electron chi connectivity index (χ3n) is 12.4. The predicted octanol–water partition coefficient (Wildman–Crippen LogP) is 8.71. The number of alkyl carbamates (subject to hydrolysis) is 1. The molecule has 43 heavy (non-hydrogen) atoms. The first-order valence-electron chi connectivity index (χ1n) is 17.5. The number of fused-ring (bicyclic) bond motifs is 5. The van der Waals surface area contributed by atoms with Crippen molar-refractivity contribution in [2.24, 2.45) is 46.3 Å². The summed E-state index contributed by atoms with van der Waals surface area (Å²) in [6, 6.07) is 0. The van der Waals surface area contributed by atoms with Crippen LogP contribution in [0, 0.1) is 46.3 Å². The fraction of sp³-hybridized carbons (Fsp3) is 0.914. The topological polar surface area (TPSA) is 105 Å². The van der Waals surface area contributed by atoms with Gasteiger partial charge >= 0.3 is 14.3 Å². The van der Waals surface area contributed by atoms with Gasteiger partial charge in [-0.25, -0.2) is 4.79 Å². The number of nitrogens with one attached hydrogen (secondary N) is 1. The van der Waals surface area contributed by atoms with Gasteiger partial charge < -0.3 is 15.2 Å². The summed E-state index contributed by atoms with van der Waals surface area (Å²) in [6.07, 6.45) is 18.3. The molecule has 1 amide bonds. The lowest BCUT2D eigenvalue weighted by Crippen LogP contribution is -2.51. The number of amides is 1. The Hall–Kier alpha value is -1.01. The number of aliphatic hydroxyl groups is 1. The van der Waals surface area contributed by atoms with Crippen LogP contribution in [0.25, 0.3) is 0 Å². The monoisotopic (exact) mass is 622 g/mol. The normalized spacial score (nSPS) is 35.3. The van der Waals surface area contributed by atoms with E-state index in [2.05, 4.69) is 50.5 Å². The average molecular weight is 623 g/mol. The Labute approximate surface area is 262 Å². The van der Waals surface area contributed by atoms with E-state index in [1.165, 1.54) is 51.4 Å². The molecule has 0 heterocycles. The van der Waals surface area contributed by atoms with Crippen molar-refractivity contribution in [1.82, 2.24) is 5.32 Å². The van der Waals surface area contributed by atoms with E-state index in [0.717, 1.165) is 74.0 Å². The number of ether oxygens (including phenoxy) is 1. The van der Waals surface area contributed by atoms with Crippen LogP contribution in [0.3, 0.4) is 0 Å². The van der Waals surface area contributed by atoms with Crippen molar-refractivity contribution in [2.45, 2.75) is 143 Å². The highest BCUT2D eigenvalue weighted by atomic mass is 31.1. The van der Waals surface area contributed by atoms with Crippen molar-refractivity contribution in [3.05, 3.63) is 11.6 Å². The second-order valence-corrected chi connectivity index (χ2v) is 16.3. The van der Waals surface area contributed by atoms with Crippen LogP contribution in [0.2, 0.25) is 0 Å². The van der Waals surface area contributed by atoms with Crippen LogP contribution >= 0.6 is 8.25 Å². The Morgan fingerprint density at radius 1 is 1.02 bits per heavy atom. The third-order valence-corrected chi connectivity index (χ3v) is 12.8. The molecule has 0 spiro atoms. The van der Waals surface area contributed by atoms with Gasteiger partial charge in [0.2, 0.25) is 0 Å². The Kier molecular flexibility index (Phi) is 12.6. The maximum absolute atomic E-state index is 12.6. The van der Waals surface area contributed by atoms with Crippen LogP contribution in [0.1, 0.15) is 131 Å². The number of hydrogen-bond acceptors (Lipinski definition) is 5. The fourth-order valence-corrected chi connectivity index (χ4v) is 10.4. The van der Waals surface area contributed by atoms with Gasteiger partial charge in [-0.05, 0) is 104 Å². The fourth-order valence-electron chi connectivity index (χ4n) is 10.1. The highest BCUT2D eigenvalue weighted by Crippen LogP contribution is 2.67. The molecule has 0 aliphatic heterocycles. The van der Waals surface area contributed by atoms with Crippen molar-refractivity contribution in [3.8, 4) is 0 Å². The van der Waals surface area contributed by atoms with Crippen LogP contribution < -0.4 is 5.32 Å². The van der Waals surface area contributed by atoms with Gasteiger partial charge in [0, 0.05) is 17.5 Å². The van der Waals surface area contributed by atoms with Crippen LogP contribution in [0.5, 0.6) is 0 Å². The van der Waals surface area contributed by atoms with Gasteiger partial charge in [-0.1, -0.05) is 78.4 Å². The summed E-state index contributed by atoms with van der Waals surface area (Å²) < 4.78 is 21.0. The zero-order valence-electron chi connectivity index (χ0n) is 27.7. The number of aliphatic hydroxyl groups excluding tert-OH is 1. The molecule has 246 valence electrons. The summed E-state index contributed by atoms with van der Waals surface area (Å²) in [6.45, 7) is 12.9. The van der Waals surface area contributed by atoms with E-state index in [-0.39, 0.29) is 24.2 Å². The van der Waals surface area contributed by atoms with Gasteiger partial charge in [0.25, 0.3) is 0 Å². The lowest BCUT2D eigenvalue weighted by Gasteiger charge is -2.58. The van der Waals surface area contributed by atoms with E-state index in [0.29, 0.717) is 18.4 Å². The second kappa shape index (κ2) is 15.5. The average Bonchev–Trinajstić information content (AvgIpc) is 3.31. The molecule has 10 atom stereocenters. The zero-order chi connectivity index (χ0) is 31.2. The molecular weight excluding hydrogens is 561 g/mol. The predicted molar refractivity (Wildman–Crippen MR) is 172 cm³/mol. The molecule has 0 radical (unpaired) electrons. The second-order valence-electron chi connectivity index (χ2n) is 15.5. The summed E-state index contributed by atoms with van der Waals surface area (Å²) in [5, 5.41) is 12.7. The lowest BCUT2D eigenvalue weighted by atomic mass is 9.47. The summed E-state index contributed by atoms with van der Waals surface area (Å²) in [5.74, 6) is 4.99. The van der Waals surface area contributed by atoms with E-state index in [4.69, 9.17) is 9.63 Å². The molecule has 3 saturated carbocycles. The Bertz CT molecular complexity index is 972. The van der Waals surface area contributed by atoms with Gasteiger partial charge in [-0.2, -0.15) is 0 Å². The van der Waals surface area contributed by atoms with E-state index >= 15 is 0 Å². The van der Waals surface area contributed by atoms with Gasteiger partial charge in [-0.3, -0.25) is 0 Å². The smallest absolute Gasteiger partial charge is 0.446 e. The first kappa shape index (κ1) is 34.9. The van der Waals surface area contributed by atoms with Gasteiger partial charge in [0.1, 0.15) is 12.7 Å². The van der Waals surface area contributed by atoms with E-state index in [1.54, 1.807) is 5.57 Å². The number of carbonyl (C=O) groups is 1. The molecule has 3 fully saturated rings. The molecule has 2 unspecified atom stereocenters. The van der Waals surface area contributed by atoms with Crippen LogP contribution in [-0.2, 0) is 13.8 Å². The Balaban J connectivity index is 1.22. The molecule has 4 aliphatic carbocycles. The molecule has 0 aromatic heterocycles. The van der Waals surface area contributed by atoms with E-state index in [1.807, 2.05) is 0 Å². The summed E-state index contributed by atoms with van der Waals surface area (Å²) in [5.41, 5.74) is 2.31. The Morgan fingerprint density at radius 3 is 2.56 bits per heavy atom. The number of unbranched alkanes of at least 4 members (excludes halogenated alkanes) is 2.